The summed E-state index contributed by atoms with van der Waals surface area (Å²) in [6.45, 7) is 2.56. The molecule has 7 nitrogen and oxygen atoms in total. The summed E-state index contributed by atoms with van der Waals surface area (Å²) in [5, 5.41) is 13.5. The van der Waals surface area contributed by atoms with Crippen LogP contribution in [0, 0.1) is 28.7 Å². The van der Waals surface area contributed by atoms with Crippen LogP contribution >= 0.6 is 0 Å². The molecule has 0 saturated carbocycles. The SMILES string of the molecule is Cc1c(CN2C(=O)N[C@](C)(c3cc(F)ccc3F)C2=O)cccc1[N+](=O)[O-]. The molecule has 1 saturated heterocycles. The fraction of sp³-hybridized carbons (Fsp3) is 0.222. The number of halogens is 2. The number of rotatable bonds is 4. The average Bonchev–Trinajstić information content (AvgIpc) is 2.82. The number of amides is 3. The van der Waals surface area contributed by atoms with E-state index in [1.807, 2.05) is 0 Å². The zero-order valence-corrected chi connectivity index (χ0v) is 14.5. The van der Waals surface area contributed by atoms with Crippen LogP contribution < -0.4 is 5.32 Å². The second-order valence-corrected chi connectivity index (χ2v) is 6.39. The summed E-state index contributed by atoms with van der Waals surface area (Å²) >= 11 is 0. The fourth-order valence-electron chi connectivity index (χ4n) is 3.11. The van der Waals surface area contributed by atoms with Crippen molar-refractivity contribution < 1.29 is 23.3 Å². The number of nitrogens with one attached hydrogen (secondary N) is 1. The molecule has 1 aliphatic rings. The third-order valence-corrected chi connectivity index (χ3v) is 4.68. The van der Waals surface area contributed by atoms with Crippen molar-refractivity contribution in [3.63, 3.8) is 0 Å². The summed E-state index contributed by atoms with van der Waals surface area (Å²) in [5.41, 5.74) is -1.50. The van der Waals surface area contributed by atoms with E-state index in [9.17, 15) is 28.5 Å². The van der Waals surface area contributed by atoms with Crippen LogP contribution in [0.3, 0.4) is 0 Å². The number of imide groups is 1. The summed E-state index contributed by atoms with van der Waals surface area (Å²) in [6.07, 6.45) is 0. The molecule has 2 aromatic carbocycles. The molecule has 0 aliphatic carbocycles. The van der Waals surface area contributed by atoms with Crippen molar-refractivity contribution >= 4 is 17.6 Å². The normalized spacial score (nSPS) is 19.3. The van der Waals surface area contributed by atoms with Crippen LogP contribution in [-0.2, 0) is 16.9 Å². The van der Waals surface area contributed by atoms with Gasteiger partial charge in [-0.2, -0.15) is 0 Å². The summed E-state index contributed by atoms with van der Waals surface area (Å²) < 4.78 is 27.7. The number of carbonyl (C=O) groups excluding carboxylic acids is 2. The van der Waals surface area contributed by atoms with E-state index in [1.54, 1.807) is 6.07 Å². The van der Waals surface area contributed by atoms with Gasteiger partial charge in [0.15, 0.2) is 0 Å². The molecule has 27 heavy (non-hydrogen) atoms. The fourth-order valence-corrected chi connectivity index (χ4v) is 3.11. The predicted octanol–water partition coefficient (Wildman–Crippen LogP) is 3.15. The lowest BCUT2D eigenvalue weighted by molar-refractivity contribution is -0.385. The Morgan fingerprint density at radius 2 is 1.93 bits per heavy atom. The largest absolute Gasteiger partial charge is 0.325 e. The highest BCUT2D eigenvalue weighted by atomic mass is 19.1. The third kappa shape index (κ3) is 3.01. The Bertz CT molecular complexity index is 979. The van der Waals surface area contributed by atoms with Gasteiger partial charge in [0.1, 0.15) is 17.2 Å². The molecule has 2 aromatic rings. The van der Waals surface area contributed by atoms with E-state index < -0.39 is 34.0 Å². The lowest BCUT2D eigenvalue weighted by Crippen LogP contribution is -2.41. The van der Waals surface area contributed by atoms with E-state index in [0.717, 1.165) is 23.1 Å². The highest BCUT2D eigenvalue weighted by Crippen LogP contribution is 2.33. The maximum atomic E-state index is 14.2. The first kappa shape index (κ1) is 18.4. The van der Waals surface area contributed by atoms with Gasteiger partial charge in [-0.3, -0.25) is 19.8 Å². The van der Waals surface area contributed by atoms with E-state index in [1.165, 1.54) is 26.0 Å². The minimum absolute atomic E-state index is 0.140. The van der Waals surface area contributed by atoms with E-state index in [0.29, 0.717) is 11.1 Å². The standard InChI is InChI=1S/C18H15F2N3O4/c1-10-11(4-3-5-15(10)23(26)27)9-22-16(24)18(2,21-17(22)25)13-8-12(19)6-7-14(13)20/h3-8H,9H2,1-2H3,(H,21,25)/t18-/m1/s1. The van der Waals surface area contributed by atoms with Crippen LogP contribution in [0.25, 0.3) is 0 Å². The minimum atomic E-state index is -1.78. The van der Waals surface area contributed by atoms with Crippen molar-refractivity contribution in [2.24, 2.45) is 0 Å². The Morgan fingerprint density at radius 1 is 1.22 bits per heavy atom. The van der Waals surface area contributed by atoms with E-state index >= 15 is 0 Å². The Morgan fingerprint density at radius 3 is 2.59 bits per heavy atom. The molecule has 9 heteroatoms. The number of hydrogen-bond donors (Lipinski definition) is 1. The molecule has 1 aliphatic heterocycles. The zero-order chi connectivity index (χ0) is 19.9. The molecular weight excluding hydrogens is 360 g/mol. The first-order valence-corrected chi connectivity index (χ1v) is 7.97. The van der Waals surface area contributed by atoms with Gasteiger partial charge in [-0.05, 0) is 37.6 Å². The first-order valence-electron chi connectivity index (χ1n) is 7.97. The van der Waals surface area contributed by atoms with Crippen molar-refractivity contribution in [1.29, 1.82) is 0 Å². The number of benzene rings is 2. The van der Waals surface area contributed by atoms with E-state index in [2.05, 4.69) is 5.32 Å². The maximum absolute atomic E-state index is 14.2. The molecule has 0 unspecified atom stereocenters. The van der Waals surface area contributed by atoms with Crippen LogP contribution in [0.5, 0.6) is 0 Å². The van der Waals surface area contributed by atoms with Crippen molar-refractivity contribution in [3.8, 4) is 0 Å². The Kier molecular flexibility index (Phi) is 4.38. The van der Waals surface area contributed by atoms with Crippen molar-refractivity contribution in [2.75, 3.05) is 0 Å². The third-order valence-electron chi connectivity index (χ3n) is 4.68. The quantitative estimate of drug-likeness (QED) is 0.505. The van der Waals surface area contributed by atoms with E-state index in [4.69, 9.17) is 0 Å². The molecular formula is C18H15F2N3O4. The van der Waals surface area contributed by atoms with Crippen molar-refractivity contribution in [3.05, 3.63) is 74.8 Å². The molecule has 1 fully saturated rings. The average molecular weight is 375 g/mol. The molecule has 0 radical (unpaired) electrons. The van der Waals surface area contributed by atoms with Crippen LogP contribution in [0.2, 0.25) is 0 Å². The molecule has 1 N–H and O–H groups in total. The minimum Gasteiger partial charge on any atom is -0.319 e. The molecule has 1 heterocycles. The highest BCUT2D eigenvalue weighted by Gasteiger charge is 2.50. The zero-order valence-electron chi connectivity index (χ0n) is 14.5. The highest BCUT2D eigenvalue weighted by molar-refractivity contribution is 6.07. The van der Waals surface area contributed by atoms with Gasteiger partial charge in [0.25, 0.3) is 11.6 Å². The molecule has 3 rings (SSSR count). The van der Waals surface area contributed by atoms with Crippen LogP contribution in [0.4, 0.5) is 19.3 Å². The van der Waals surface area contributed by atoms with Gasteiger partial charge in [-0.1, -0.05) is 12.1 Å². The Labute approximate surface area is 152 Å². The van der Waals surface area contributed by atoms with Gasteiger partial charge >= 0.3 is 6.03 Å². The molecule has 1 atom stereocenters. The lowest BCUT2D eigenvalue weighted by atomic mass is 9.91. The van der Waals surface area contributed by atoms with Crippen molar-refractivity contribution in [1.82, 2.24) is 10.2 Å². The second kappa shape index (κ2) is 6.42. The summed E-state index contributed by atoms with van der Waals surface area (Å²) in [4.78, 5) is 36.5. The second-order valence-electron chi connectivity index (χ2n) is 6.39. The Balaban J connectivity index is 1.97. The van der Waals surface area contributed by atoms with E-state index in [-0.39, 0.29) is 17.8 Å². The van der Waals surface area contributed by atoms with Gasteiger partial charge in [0, 0.05) is 17.2 Å². The van der Waals surface area contributed by atoms with Gasteiger partial charge < -0.3 is 5.32 Å². The number of carbonyl (C=O) groups is 2. The van der Waals surface area contributed by atoms with Crippen LogP contribution in [0.1, 0.15) is 23.6 Å². The molecule has 3 amide bonds. The van der Waals surface area contributed by atoms with Gasteiger partial charge in [0.05, 0.1) is 11.5 Å². The van der Waals surface area contributed by atoms with Gasteiger partial charge in [-0.25, -0.2) is 13.6 Å². The lowest BCUT2D eigenvalue weighted by Gasteiger charge is -2.23. The summed E-state index contributed by atoms with van der Waals surface area (Å²) in [7, 11) is 0. The summed E-state index contributed by atoms with van der Waals surface area (Å²) in [5.74, 6) is -2.36. The van der Waals surface area contributed by atoms with Crippen molar-refractivity contribution in [2.45, 2.75) is 25.9 Å². The number of urea groups is 1. The predicted molar refractivity (Wildman–Crippen MR) is 90.6 cm³/mol. The Hall–Kier alpha value is -3.36. The number of nitro groups is 1. The maximum Gasteiger partial charge on any atom is 0.325 e. The smallest absolute Gasteiger partial charge is 0.319 e. The number of nitro benzene ring substituents is 1. The van der Waals surface area contributed by atoms with Gasteiger partial charge in [0.2, 0.25) is 0 Å². The van der Waals surface area contributed by atoms with Crippen LogP contribution in [-0.4, -0.2) is 21.8 Å². The molecule has 0 aromatic heterocycles. The number of nitrogens with zero attached hydrogens (tertiary/aromatic N) is 2. The summed E-state index contributed by atoms with van der Waals surface area (Å²) in [6, 6.07) is 6.17. The van der Waals surface area contributed by atoms with Gasteiger partial charge in [-0.15, -0.1) is 0 Å². The topological polar surface area (TPSA) is 92.6 Å². The number of hydrogen-bond acceptors (Lipinski definition) is 4. The van der Waals surface area contributed by atoms with Crippen LogP contribution in [0.15, 0.2) is 36.4 Å². The first-order chi connectivity index (χ1) is 12.6. The molecule has 140 valence electrons. The molecule has 0 spiro atoms. The monoisotopic (exact) mass is 375 g/mol. The molecule has 0 bridgehead atoms.